The first kappa shape index (κ1) is 15.9. The number of sulfone groups is 1. The molecule has 0 saturated carbocycles. The van der Waals surface area contributed by atoms with Crippen molar-refractivity contribution in [2.24, 2.45) is 17.6 Å². The summed E-state index contributed by atoms with van der Waals surface area (Å²) < 4.78 is 23.0. The summed E-state index contributed by atoms with van der Waals surface area (Å²) in [4.78, 5) is 2.39. The average Bonchev–Trinajstić information content (AvgIpc) is 2.28. The van der Waals surface area contributed by atoms with Crippen LogP contribution in [0.25, 0.3) is 0 Å². The third-order valence-electron chi connectivity index (χ3n) is 4.03. The molecule has 0 amide bonds. The molecule has 2 N–H and O–H groups in total. The molecule has 1 aliphatic heterocycles. The molecule has 1 saturated heterocycles. The van der Waals surface area contributed by atoms with Crippen LogP contribution < -0.4 is 5.73 Å². The lowest BCUT2D eigenvalue weighted by molar-refractivity contribution is 0.0740. The number of hydrogen-bond acceptors (Lipinski definition) is 4. The predicted octanol–water partition coefficient (Wildman–Crippen LogP) is 1.12. The van der Waals surface area contributed by atoms with Gasteiger partial charge in [0.15, 0.2) is 0 Å². The summed E-state index contributed by atoms with van der Waals surface area (Å²) in [7, 11) is -2.83. The summed E-state index contributed by atoms with van der Waals surface area (Å²) in [5.74, 6) is 1.85. The molecule has 5 heteroatoms. The molecule has 1 rings (SSSR count). The normalized spacial score (nSPS) is 30.6. The summed E-state index contributed by atoms with van der Waals surface area (Å²) in [5.41, 5.74) is 5.85. The Labute approximate surface area is 112 Å². The van der Waals surface area contributed by atoms with E-state index in [-0.39, 0.29) is 5.75 Å². The van der Waals surface area contributed by atoms with Crippen LogP contribution in [0.1, 0.15) is 33.6 Å². The lowest BCUT2D eigenvalue weighted by Crippen LogP contribution is -2.51. The fourth-order valence-electron chi connectivity index (χ4n) is 3.03. The quantitative estimate of drug-likeness (QED) is 0.789. The number of likely N-dealkylation sites (tertiary alicyclic amines) is 1. The smallest absolute Gasteiger partial charge is 0.150 e. The van der Waals surface area contributed by atoms with Crippen molar-refractivity contribution in [1.29, 1.82) is 0 Å². The molecule has 18 heavy (non-hydrogen) atoms. The van der Waals surface area contributed by atoms with E-state index in [0.717, 1.165) is 19.5 Å². The van der Waals surface area contributed by atoms with Crippen LogP contribution in [0.5, 0.6) is 0 Å². The Morgan fingerprint density at radius 3 is 2.56 bits per heavy atom. The number of nitrogens with zero attached hydrogens (tertiary/aromatic N) is 1. The summed E-state index contributed by atoms with van der Waals surface area (Å²) in [5, 5.41) is 0. The zero-order valence-corrected chi connectivity index (χ0v) is 12.7. The maximum absolute atomic E-state index is 11.5. The lowest BCUT2D eigenvalue weighted by Gasteiger charge is -2.42. The van der Waals surface area contributed by atoms with Crippen molar-refractivity contribution in [3.63, 3.8) is 0 Å². The summed E-state index contributed by atoms with van der Waals surface area (Å²) in [6.45, 7) is 8.81. The topological polar surface area (TPSA) is 63.4 Å². The first-order valence-corrected chi connectivity index (χ1v) is 8.86. The molecule has 0 aromatic carbocycles. The van der Waals surface area contributed by atoms with Crippen molar-refractivity contribution in [2.75, 3.05) is 31.1 Å². The minimum Gasteiger partial charge on any atom is -0.329 e. The maximum atomic E-state index is 11.5. The van der Waals surface area contributed by atoms with E-state index >= 15 is 0 Å². The van der Waals surface area contributed by atoms with Crippen molar-refractivity contribution in [3.8, 4) is 0 Å². The van der Waals surface area contributed by atoms with Crippen LogP contribution in [0, 0.1) is 11.8 Å². The minimum absolute atomic E-state index is 0.250. The van der Waals surface area contributed by atoms with Crippen LogP contribution in [0.4, 0.5) is 0 Å². The standard InChI is InChI=1S/C13H28N2O2S/c1-4-18(16,17)7-5-6-15-10-11(2)8-12(3)13(15)9-14/h11-13H,4-10,14H2,1-3H3. The van der Waals surface area contributed by atoms with Crippen molar-refractivity contribution in [3.05, 3.63) is 0 Å². The highest BCUT2D eigenvalue weighted by atomic mass is 32.2. The van der Waals surface area contributed by atoms with Crippen molar-refractivity contribution in [1.82, 2.24) is 4.90 Å². The summed E-state index contributed by atoms with van der Waals surface area (Å²) in [6, 6.07) is 0.422. The second kappa shape index (κ2) is 6.87. The highest BCUT2D eigenvalue weighted by Gasteiger charge is 2.30. The van der Waals surface area contributed by atoms with Gasteiger partial charge in [-0.25, -0.2) is 8.42 Å². The Morgan fingerprint density at radius 2 is 2.00 bits per heavy atom. The van der Waals surface area contributed by atoms with Gasteiger partial charge in [-0.3, -0.25) is 4.90 Å². The average molecular weight is 276 g/mol. The van der Waals surface area contributed by atoms with E-state index in [1.807, 2.05) is 0 Å². The van der Waals surface area contributed by atoms with Gasteiger partial charge in [-0.15, -0.1) is 0 Å². The van der Waals surface area contributed by atoms with E-state index in [4.69, 9.17) is 5.73 Å². The maximum Gasteiger partial charge on any atom is 0.150 e. The molecule has 3 atom stereocenters. The molecule has 0 aromatic rings. The summed E-state index contributed by atoms with van der Waals surface area (Å²) >= 11 is 0. The molecule has 108 valence electrons. The highest BCUT2D eigenvalue weighted by Crippen LogP contribution is 2.26. The molecule has 4 nitrogen and oxygen atoms in total. The van der Waals surface area contributed by atoms with E-state index in [1.54, 1.807) is 6.92 Å². The minimum atomic E-state index is -2.83. The molecule has 1 heterocycles. The van der Waals surface area contributed by atoms with Crippen molar-refractivity contribution >= 4 is 9.84 Å². The van der Waals surface area contributed by atoms with Crippen molar-refractivity contribution < 1.29 is 8.42 Å². The fraction of sp³-hybridized carbons (Fsp3) is 1.00. The van der Waals surface area contributed by atoms with E-state index in [9.17, 15) is 8.42 Å². The second-order valence-electron chi connectivity index (χ2n) is 5.71. The van der Waals surface area contributed by atoms with E-state index in [2.05, 4.69) is 18.7 Å². The molecule has 1 fully saturated rings. The van der Waals surface area contributed by atoms with Gasteiger partial charge >= 0.3 is 0 Å². The van der Waals surface area contributed by atoms with Crippen LogP contribution in [-0.4, -0.2) is 50.5 Å². The Hall–Kier alpha value is -0.130. The SMILES string of the molecule is CCS(=O)(=O)CCCN1CC(C)CC(C)C1CN. The highest BCUT2D eigenvalue weighted by molar-refractivity contribution is 7.91. The van der Waals surface area contributed by atoms with Crippen LogP contribution in [0.3, 0.4) is 0 Å². The Kier molecular flexibility index (Phi) is 6.08. The van der Waals surface area contributed by atoms with Crippen LogP contribution in [0.15, 0.2) is 0 Å². The monoisotopic (exact) mass is 276 g/mol. The number of hydrogen-bond donors (Lipinski definition) is 1. The fourth-order valence-corrected chi connectivity index (χ4v) is 3.89. The van der Waals surface area contributed by atoms with Crippen molar-refractivity contribution in [2.45, 2.75) is 39.7 Å². The third kappa shape index (κ3) is 4.52. The molecule has 0 radical (unpaired) electrons. The van der Waals surface area contributed by atoms with E-state index < -0.39 is 9.84 Å². The van der Waals surface area contributed by atoms with Crippen LogP contribution in [0.2, 0.25) is 0 Å². The summed E-state index contributed by atoms with van der Waals surface area (Å²) in [6.07, 6.45) is 1.96. The first-order chi connectivity index (χ1) is 8.39. The van der Waals surface area contributed by atoms with Gasteiger partial charge in [0, 0.05) is 24.9 Å². The third-order valence-corrected chi connectivity index (χ3v) is 5.82. The number of rotatable bonds is 6. The van der Waals surface area contributed by atoms with Gasteiger partial charge in [0.1, 0.15) is 9.84 Å². The zero-order valence-electron chi connectivity index (χ0n) is 11.9. The van der Waals surface area contributed by atoms with Gasteiger partial charge in [-0.05, 0) is 31.2 Å². The molecule has 1 aliphatic rings. The lowest BCUT2D eigenvalue weighted by atomic mass is 9.85. The van der Waals surface area contributed by atoms with E-state index in [0.29, 0.717) is 30.2 Å². The Morgan fingerprint density at radius 1 is 1.33 bits per heavy atom. The van der Waals surface area contributed by atoms with Gasteiger partial charge < -0.3 is 5.73 Å². The number of piperidine rings is 1. The molecule has 0 bridgehead atoms. The molecular formula is C13H28N2O2S. The van der Waals surface area contributed by atoms with E-state index in [1.165, 1.54) is 6.42 Å². The molecular weight excluding hydrogens is 248 g/mol. The van der Waals surface area contributed by atoms with Gasteiger partial charge in [0.25, 0.3) is 0 Å². The number of nitrogens with two attached hydrogens (primary N) is 1. The zero-order chi connectivity index (χ0) is 13.8. The van der Waals surface area contributed by atoms with Crippen LogP contribution in [-0.2, 0) is 9.84 Å². The molecule has 0 aliphatic carbocycles. The van der Waals surface area contributed by atoms with Gasteiger partial charge in [-0.1, -0.05) is 20.8 Å². The molecule has 0 aromatic heterocycles. The first-order valence-electron chi connectivity index (χ1n) is 7.04. The predicted molar refractivity (Wildman–Crippen MR) is 76.3 cm³/mol. The largest absolute Gasteiger partial charge is 0.329 e. The van der Waals surface area contributed by atoms with Gasteiger partial charge in [0.05, 0.1) is 5.75 Å². The Balaban J connectivity index is 2.48. The second-order valence-corrected chi connectivity index (χ2v) is 8.18. The Bertz CT molecular complexity index is 343. The van der Waals surface area contributed by atoms with Crippen LogP contribution >= 0.6 is 0 Å². The molecule has 0 spiro atoms. The molecule has 3 unspecified atom stereocenters. The van der Waals surface area contributed by atoms with Gasteiger partial charge in [-0.2, -0.15) is 0 Å². The van der Waals surface area contributed by atoms with Gasteiger partial charge in [0.2, 0.25) is 0 Å².